The SMILES string of the molecule is CCCc1nc(N2CCCN(C(=O)[C@@H](C)Cl)CC2)c2c(C)nn(-c3ccccc3)c2n1. The maximum Gasteiger partial charge on any atom is 0.240 e. The Hall–Kier alpha value is -2.67. The third-order valence-corrected chi connectivity index (χ3v) is 5.84. The summed E-state index contributed by atoms with van der Waals surface area (Å²) in [5.41, 5.74) is 2.73. The Labute approximate surface area is 188 Å². The van der Waals surface area contributed by atoms with E-state index in [1.807, 2.05) is 46.8 Å². The number of para-hydroxylation sites is 1. The number of aromatic nitrogens is 4. The van der Waals surface area contributed by atoms with Crippen molar-refractivity contribution in [3.05, 3.63) is 41.9 Å². The van der Waals surface area contributed by atoms with Crippen molar-refractivity contribution in [2.75, 3.05) is 31.1 Å². The topological polar surface area (TPSA) is 67.2 Å². The van der Waals surface area contributed by atoms with Crippen molar-refractivity contribution >= 4 is 34.4 Å². The summed E-state index contributed by atoms with van der Waals surface area (Å²) in [5, 5.41) is 5.29. The van der Waals surface area contributed by atoms with E-state index < -0.39 is 5.38 Å². The zero-order valence-corrected chi connectivity index (χ0v) is 19.1. The molecular weight excluding hydrogens is 412 g/mol. The van der Waals surface area contributed by atoms with E-state index in [0.717, 1.165) is 59.9 Å². The van der Waals surface area contributed by atoms with E-state index in [4.69, 9.17) is 26.7 Å². The fourth-order valence-electron chi connectivity index (χ4n) is 4.12. The summed E-state index contributed by atoms with van der Waals surface area (Å²) in [4.78, 5) is 26.4. The highest BCUT2D eigenvalue weighted by Crippen LogP contribution is 2.30. The van der Waals surface area contributed by atoms with Crippen LogP contribution in [0.1, 0.15) is 38.2 Å². The first-order chi connectivity index (χ1) is 15.0. The van der Waals surface area contributed by atoms with Crippen LogP contribution in [0.2, 0.25) is 0 Å². The third kappa shape index (κ3) is 4.37. The van der Waals surface area contributed by atoms with Gasteiger partial charge in [-0.25, -0.2) is 14.6 Å². The van der Waals surface area contributed by atoms with Gasteiger partial charge in [-0.3, -0.25) is 4.79 Å². The summed E-state index contributed by atoms with van der Waals surface area (Å²) >= 11 is 6.05. The van der Waals surface area contributed by atoms with Gasteiger partial charge in [0, 0.05) is 32.6 Å². The number of benzene rings is 1. The molecule has 7 nitrogen and oxygen atoms in total. The largest absolute Gasteiger partial charge is 0.354 e. The lowest BCUT2D eigenvalue weighted by Gasteiger charge is -2.24. The van der Waals surface area contributed by atoms with E-state index in [1.165, 1.54) is 0 Å². The van der Waals surface area contributed by atoms with Crippen molar-refractivity contribution in [2.45, 2.75) is 45.4 Å². The number of amides is 1. The number of alkyl halides is 1. The van der Waals surface area contributed by atoms with Crippen LogP contribution in [-0.2, 0) is 11.2 Å². The minimum atomic E-state index is -0.500. The zero-order chi connectivity index (χ0) is 22.0. The van der Waals surface area contributed by atoms with Crippen molar-refractivity contribution in [1.29, 1.82) is 0 Å². The molecule has 164 valence electrons. The molecule has 4 rings (SSSR count). The van der Waals surface area contributed by atoms with Crippen LogP contribution in [-0.4, -0.2) is 62.1 Å². The number of carbonyl (C=O) groups is 1. The molecule has 0 aliphatic carbocycles. The number of nitrogens with zero attached hydrogens (tertiary/aromatic N) is 6. The molecule has 31 heavy (non-hydrogen) atoms. The van der Waals surface area contributed by atoms with Gasteiger partial charge >= 0.3 is 0 Å². The number of fused-ring (bicyclic) bond motifs is 1. The van der Waals surface area contributed by atoms with Crippen LogP contribution in [0.3, 0.4) is 0 Å². The summed E-state index contributed by atoms with van der Waals surface area (Å²) in [6.07, 6.45) is 2.65. The van der Waals surface area contributed by atoms with Gasteiger partial charge < -0.3 is 9.80 Å². The molecular formula is C23H29ClN6O. The molecule has 1 atom stereocenters. The Kier molecular flexibility index (Phi) is 6.41. The minimum absolute atomic E-state index is 0.00361. The first-order valence-corrected chi connectivity index (χ1v) is 11.4. The molecule has 1 aliphatic rings. The number of hydrogen-bond donors (Lipinski definition) is 0. The fourth-order valence-corrected chi connectivity index (χ4v) is 4.26. The average molecular weight is 441 g/mol. The summed E-state index contributed by atoms with van der Waals surface area (Å²) < 4.78 is 1.91. The first-order valence-electron chi connectivity index (χ1n) is 11.0. The molecule has 0 saturated carbocycles. The maximum atomic E-state index is 12.4. The molecule has 1 aromatic carbocycles. The molecule has 0 unspecified atom stereocenters. The highest BCUT2D eigenvalue weighted by molar-refractivity contribution is 6.30. The van der Waals surface area contributed by atoms with Gasteiger partial charge in [-0.2, -0.15) is 5.10 Å². The normalized spacial score (nSPS) is 15.9. The minimum Gasteiger partial charge on any atom is -0.354 e. The number of halogens is 1. The summed E-state index contributed by atoms with van der Waals surface area (Å²) in [6.45, 7) is 8.77. The number of aryl methyl sites for hydroxylation is 2. The van der Waals surface area contributed by atoms with Gasteiger partial charge in [0.25, 0.3) is 0 Å². The second-order valence-corrected chi connectivity index (χ2v) is 8.68. The smallest absolute Gasteiger partial charge is 0.240 e. The van der Waals surface area contributed by atoms with Crippen molar-refractivity contribution in [3.63, 3.8) is 0 Å². The Bertz CT molecular complexity index is 1060. The van der Waals surface area contributed by atoms with Gasteiger partial charge in [0.2, 0.25) is 5.91 Å². The molecule has 0 spiro atoms. The lowest BCUT2D eigenvalue weighted by Crippen LogP contribution is -2.38. The van der Waals surface area contributed by atoms with Gasteiger partial charge in [-0.1, -0.05) is 25.1 Å². The van der Waals surface area contributed by atoms with E-state index in [9.17, 15) is 4.79 Å². The second-order valence-electron chi connectivity index (χ2n) is 8.03. The molecule has 8 heteroatoms. The molecule has 3 heterocycles. The summed E-state index contributed by atoms with van der Waals surface area (Å²) in [6, 6.07) is 10.1. The summed E-state index contributed by atoms with van der Waals surface area (Å²) in [7, 11) is 0. The predicted octanol–water partition coefficient (Wildman–Crippen LogP) is 3.74. The van der Waals surface area contributed by atoms with E-state index in [0.29, 0.717) is 19.6 Å². The van der Waals surface area contributed by atoms with Crippen LogP contribution in [0, 0.1) is 6.92 Å². The van der Waals surface area contributed by atoms with Crippen LogP contribution in [0.5, 0.6) is 0 Å². The van der Waals surface area contributed by atoms with Crippen LogP contribution in [0.4, 0.5) is 5.82 Å². The average Bonchev–Trinajstić information content (AvgIpc) is 2.94. The molecule has 0 bridgehead atoms. The maximum absolute atomic E-state index is 12.4. The van der Waals surface area contributed by atoms with Crippen molar-refractivity contribution < 1.29 is 4.79 Å². The molecule has 1 fully saturated rings. The molecule has 1 aliphatic heterocycles. The van der Waals surface area contributed by atoms with Crippen LogP contribution in [0.15, 0.2) is 30.3 Å². The van der Waals surface area contributed by atoms with Crippen molar-refractivity contribution in [3.8, 4) is 5.69 Å². The number of rotatable bonds is 5. The first kappa shape index (κ1) is 21.6. The van der Waals surface area contributed by atoms with Gasteiger partial charge in [-0.15, -0.1) is 11.6 Å². The molecule has 0 radical (unpaired) electrons. The Morgan fingerprint density at radius 2 is 1.90 bits per heavy atom. The molecule has 2 aromatic heterocycles. The van der Waals surface area contributed by atoms with Gasteiger partial charge in [0.1, 0.15) is 17.0 Å². The van der Waals surface area contributed by atoms with Crippen LogP contribution < -0.4 is 4.90 Å². The van der Waals surface area contributed by atoms with Crippen LogP contribution >= 0.6 is 11.6 Å². The second kappa shape index (κ2) is 9.22. The van der Waals surface area contributed by atoms with Crippen LogP contribution in [0.25, 0.3) is 16.7 Å². The lowest BCUT2D eigenvalue weighted by molar-refractivity contribution is -0.130. The van der Waals surface area contributed by atoms with Gasteiger partial charge in [0.05, 0.1) is 16.8 Å². The predicted molar refractivity (Wildman–Crippen MR) is 124 cm³/mol. The molecule has 0 N–H and O–H groups in total. The quantitative estimate of drug-likeness (QED) is 0.565. The van der Waals surface area contributed by atoms with Crippen molar-refractivity contribution in [1.82, 2.24) is 24.6 Å². The Morgan fingerprint density at radius 3 is 2.61 bits per heavy atom. The standard InChI is InChI=1S/C23H29ClN6O/c1-4-9-19-25-21(28-12-8-13-29(15-14-28)23(31)16(2)24)20-17(3)27-30(22(20)26-19)18-10-6-5-7-11-18/h5-7,10-11,16H,4,8-9,12-15H2,1-3H3/t16-/m1/s1. The third-order valence-electron chi connectivity index (χ3n) is 5.65. The number of anilines is 1. The van der Waals surface area contributed by atoms with E-state index in [2.05, 4.69) is 11.8 Å². The van der Waals surface area contributed by atoms with E-state index >= 15 is 0 Å². The Balaban J connectivity index is 1.77. The fraction of sp³-hybridized carbons (Fsp3) is 0.478. The summed E-state index contributed by atoms with van der Waals surface area (Å²) in [5.74, 6) is 1.74. The molecule has 1 saturated heterocycles. The molecule has 3 aromatic rings. The van der Waals surface area contributed by atoms with Gasteiger partial charge in [0.15, 0.2) is 5.65 Å². The Morgan fingerprint density at radius 1 is 1.13 bits per heavy atom. The molecule has 1 amide bonds. The van der Waals surface area contributed by atoms with Gasteiger partial charge in [-0.05, 0) is 38.8 Å². The lowest BCUT2D eigenvalue weighted by atomic mass is 10.2. The zero-order valence-electron chi connectivity index (χ0n) is 18.4. The monoisotopic (exact) mass is 440 g/mol. The number of hydrogen-bond acceptors (Lipinski definition) is 5. The van der Waals surface area contributed by atoms with Crippen molar-refractivity contribution in [2.24, 2.45) is 0 Å². The highest BCUT2D eigenvalue weighted by atomic mass is 35.5. The number of carbonyl (C=O) groups excluding carboxylic acids is 1. The highest BCUT2D eigenvalue weighted by Gasteiger charge is 2.26. The van der Waals surface area contributed by atoms with E-state index in [-0.39, 0.29) is 5.91 Å². The van der Waals surface area contributed by atoms with E-state index in [1.54, 1.807) is 6.92 Å².